The third kappa shape index (κ3) is 4.01. The van der Waals surface area contributed by atoms with Gasteiger partial charge in [-0.1, -0.05) is 32.4 Å². The fourth-order valence-electron chi connectivity index (χ4n) is 2.85. The Labute approximate surface area is 146 Å². The van der Waals surface area contributed by atoms with Gasteiger partial charge in [-0.3, -0.25) is 4.79 Å². The highest BCUT2D eigenvalue weighted by molar-refractivity contribution is 5.80. The first kappa shape index (κ1) is 17.1. The molecule has 3 aromatic rings. The van der Waals surface area contributed by atoms with Crippen molar-refractivity contribution in [2.75, 3.05) is 6.54 Å². The minimum absolute atomic E-state index is 0.0498. The van der Waals surface area contributed by atoms with Crippen molar-refractivity contribution < 1.29 is 4.79 Å². The second-order valence-corrected chi connectivity index (χ2v) is 6.22. The highest BCUT2D eigenvalue weighted by Crippen LogP contribution is 2.19. The standard InChI is InChI=1S/C17H23N7O/c1-3-12(2)16(24-11-19-22-23-24)17(25)18-10-6-9-15-20-13-7-4-5-8-14(13)21-15/h4-5,7-8,11-12,16H,3,6,9-10H2,1-2H3,(H,18,25)(H,20,21). The lowest BCUT2D eigenvalue weighted by Crippen LogP contribution is -2.37. The first-order valence-corrected chi connectivity index (χ1v) is 8.63. The molecular formula is C17H23N7O. The van der Waals surface area contributed by atoms with Crippen molar-refractivity contribution in [1.82, 2.24) is 35.5 Å². The Bertz CT molecular complexity index is 778. The molecule has 0 bridgehead atoms. The number of H-pyrrole nitrogens is 1. The van der Waals surface area contributed by atoms with E-state index < -0.39 is 0 Å². The highest BCUT2D eigenvalue weighted by Gasteiger charge is 2.26. The number of imidazole rings is 1. The number of aryl methyl sites for hydroxylation is 1. The van der Waals surface area contributed by atoms with Crippen molar-refractivity contribution in [2.45, 2.75) is 39.2 Å². The van der Waals surface area contributed by atoms with Crippen molar-refractivity contribution in [3.63, 3.8) is 0 Å². The lowest BCUT2D eigenvalue weighted by Gasteiger charge is -2.21. The van der Waals surface area contributed by atoms with E-state index in [1.807, 2.05) is 31.2 Å². The van der Waals surface area contributed by atoms with Gasteiger partial charge >= 0.3 is 0 Å². The monoisotopic (exact) mass is 341 g/mol. The van der Waals surface area contributed by atoms with Gasteiger partial charge in [0.05, 0.1) is 11.0 Å². The molecule has 2 atom stereocenters. The number of para-hydroxylation sites is 2. The number of tetrazole rings is 1. The molecule has 2 heterocycles. The summed E-state index contributed by atoms with van der Waals surface area (Å²) in [7, 11) is 0. The molecule has 0 radical (unpaired) electrons. The van der Waals surface area contributed by atoms with E-state index in [0.29, 0.717) is 6.54 Å². The average Bonchev–Trinajstić information content (AvgIpc) is 3.28. The Kier molecular flexibility index (Phi) is 5.37. The van der Waals surface area contributed by atoms with Crippen LogP contribution in [0.25, 0.3) is 11.0 Å². The molecule has 2 N–H and O–H groups in total. The van der Waals surface area contributed by atoms with Crippen LogP contribution in [0.4, 0.5) is 0 Å². The Hall–Kier alpha value is -2.77. The molecule has 0 fully saturated rings. The van der Waals surface area contributed by atoms with Crippen LogP contribution >= 0.6 is 0 Å². The van der Waals surface area contributed by atoms with E-state index in [0.717, 1.165) is 36.1 Å². The molecule has 3 rings (SSSR count). The molecule has 2 unspecified atom stereocenters. The summed E-state index contributed by atoms with van der Waals surface area (Å²) in [5.41, 5.74) is 2.01. The lowest BCUT2D eigenvalue weighted by molar-refractivity contribution is -0.126. The van der Waals surface area contributed by atoms with Crippen molar-refractivity contribution in [3.8, 4) is 0 Å². The molecule has 0 saturated carbocycles. The summed E-state index contributed by atoms with van der Waals surface area (Å²) in [5.74, 6) is 1.04. The number of rotatable bonds is 8. The highest BCUT2D eigenvalue weighted by atomic mass is 16.2. The molecule has 0 spiro atoms. The minimum Gasteiger partial charge on any atom is -0.354 e. The van der Waals surface area contributed by atoms with Gasteiger partial charge in [-0.15, -0.1) is 5.10 Å². The van der Waals surface area contributed by atoms with Crippen LogP contribution < -0.4 is 5.32 Å². The average molecular weight is 341 g/mol. The number of carbonyl (C=O) groups is 1. The zero-order valence-electron chi connectivity index (χ0n) is 14.5. The van der Waals surface area contributed by atoms with Crippen LogP contribution in [0, 0.1) is 5.92 Å². The van der Waals surface area contributed by atoms with Crippen LogP contribution in [-0.2, 0) is 11.2 Å². The number of benzene rings is 1. The zero-order valence-corrected chi connectivity index (χ0v) is 14.5. The number of hydrogen-bond donors (Lipinski definition) is 2. The van der Waals surface area contributed by atoms with Gasteiger partial charge in [-0.25, -0.2) is 9.67 Å². The molecule has 0 saturated heterocycles. The molecule has 132 valence electrons. The molecule has 0 aliphatic heterocycles. The number of hydrogen-bond acceptors (Lipinski definition) is 5. The minimum atomic E-state index is -0.383. The fraction of sp³-hybridized carbons (Fsp3) is 0.471. The van der Waals surface area contributed by atoms with E-state index >= 15 is 0 Å². The van der Waals surface area contributed by atoms with Gasteiger partial charge in [-0.2, -0.15) is 0 Å². The van der Waals surface area contributed by atoms with E-state index in [9.17, 15) is 4.79 Å². The lowest BCUT2D eigenvalue weighted by atomic mass is 9.98. The van der Waals surface area contributed by atoms with Gasteiger partial charge in [-0.05, 0) is 34.9 Å². The maximum atomic E-state index is 12.5. The van der Waals surface area contributed by atoms with E-state index in [-0.39, 0.29) is 17.9 Å². The molecule has 8 nitrogen and oxygen atoms in total. The third-order valence-corrected chi connectivity index (χ3v) is 4.43. The maximum Gasteiger partial charge on any atom is 0.245 e. The summed E-state index contributed by atoms with van der Waals surface area (Å²) in [6.45, 7) is 4.67. The first-order chi connectivity index (χ1) is 12.2. The Morgan fingerprint density at radius 1 is 1.36 bits per heavy atom. The van der Waals surface area contributed by atoms with Crippen LogP contribution in [0.2, 0.25) is 0 Å². The number of fused-ring (bicyclic) bond motifs is 1. The molecule has 2 aromatic heterocycles. The van der Waals surface area contributed by atoms with E-state index in [2.05, 4.69) is 37.7 Å². The van der Waals surface area contributed by atoms with Gasteiger partial charge < -0.3 is 10.3 Å². The Morgan fingerprint density at radius 3 is 2.92 bits per heavy atom. The molecule has 1 aromatic carbocycles. The number of nitrogens with zero attached hydrogens (tertiary/aromatic N) is 5. The molecule has 8 heteroatoms. The summed E-state index contributed by atoms with van der Waals surface area (Å²) in [5, 5.41) is 14.2. The fourth-order valence-corrected chi connectivity index (χ4v) is 2.85. The van der Waals surface area contributed by atoms with E-state index in [4.69, 9.17) is 0 Å². The van der Waals surface area contributed by atoms with Crippen molar-refractivity contribution in [3.05, 3.63) is 36.4 Å². The normalized spacial score (nSPS) is 13.7. The summed E-state index contributed by atoms with van der Waals surface area (Å²) >= 11 is 0. The summed E-state index contributed by atoms with van der Waals surface area (Å²) < 4.78 is 1.53. The number of carbonyl (C=O) groups excluding carboxylic acids is 1. The van der Waals surface area contributed by atoms with Gasteiger partial charge in [0.15, 0.2) is 0 Å². The first-order valence-electron chi connectivity index (χ1n) is 8.63. The quantitative estimate of drug-likeness (QED) is 0.609. The molecule has 0 aliphatic rings. The topological polar surface area (TPSA) is 101 Å². The molecule has 1 amide bonds. The zero-order chi connectivity index (χ0) is 17.6. The van der Waals surface area contributed by atoms with Crippen LogP contribution in [0.5, 0.6) is 0 Å². The largest absolute Gasteiger partial charge is 0.354 e. The summed E-state index contributed by atoms with van der Waals surface area (Å²) in [4.78, 5) is 20.4. The number of aromatic amines is 1. The van der Waals surface area contributed by atoms with Gasteiger partial charge in [0.25, 0.3) is 0 Å². The van der Waals surface area contributed by atoms with Crippen molar-refractivity contribution in [2.24, 2.45) is 5.92 Å². The number of amides is 1. The Morgan fingerprint density at radius 2 is 2.20 bits per heavy atom. The van der Waals surface area contributed by atoms with Crippen LogP contribution in [0.15, 0.2) is 30.6 Å². The Balaban J connectivity index is 1.52. The van der Waals surface area contributed by atoms with Crippen LogP contribution in [0.3, 0.4) is 0 Å². The van der Waals surface area contributed by atoms with Crippen molar-refractivity contribution in [1.29, 1.82) is 0 Å². The molecule has 0 aliphatic carbocycles. The summed E-state index contributed by atoms with van der Waals surface area (Å²) in [6.07, 6.45) is 3.96. The summed E-state index contributed by atoms with van der Waals surface area (Å²) in [6, 6.07) is 7.57. The third-order valence-electron chi connectivity index (χ3n) is 4.43. The maximum absolute atomic E-state index is 12.5. The SMILES string of the molecule is CCC(C)C(C(=O)NCCCc1nc2ccccc2[nH]1)n1cnnn1. The predicted octanol–water partition coefficient (Wildman–Crippen LogP) is 1.89. The molecular weight excluding hydrogens is 318 g/mol. The number of aromatic nitrogens is 6. The second kappa shape index (κ2) is 7.87. The van der Waals surface area contributed by atoms with E-state index in [1.165, 1.54) is 11.0 Å². The van der Waals surface area contributed by atoms with Gasteiger partial charge in [0.1, 0.15) is 18.2 Å². The smallest absolute Gasteiger partial charge is 0.245 e. The molecule has 25 heavy (non-hydrogen) atoms. The van der Waals surface area contributed by atoms with Crippen LogP contribution in [0.1, 0.15) is 38.6 Å². The van der Waals surface area contributed by atoms with Crippen LogP contribution in [-0.4, -0.2) is 42.6 Å². The van der Waals surface area contributed by atoms with E-state index in [1.54, 1.807) is 0 Å². The van der Waals surface area contributed by atoms with Gasteiger partial charge in [0, 0.05) is 13.0 Å². The second-order valence-electron chi connectivity index (χ2n) is 6.22. The predicted molar refractivity (Wildman–Crippen MR) is 93.7 cm³/mol. The number of nitrogens with one attached hydrogen (secondary N) is 2. The van der Waals surface area contributed by atoms with Crippen molar-refractivity contribution >= 4 is 16.9 Å². The van der Waals surface area contributed by atoms with Gasteiger partial charge in [0.2, 0.25) is 5.91 Å².